The average Bonchev–Trinajstić information content (AvgIpc) is 2.35. The number of hydrogen-bond donors (Lipinski definition) is 1. The minimum absolute atomic E-state index is 0.0375. The Bertz CT molecular complexity index is 317. The summed E-state index contributed by atoms with van der Waals surface area (Å²) in [6.07, 6.45) is 1.44. The van der Waals surface area contributed by atoms with Gasteiger partial charge in [-0.3, -0.25) is 9.59 Å². The number of ether oxygens (including phenoxy) is 1. The van der Waals surface area contributed by atoms with Gasteiger partial charge in [-0.2, -0.15) is 0 Å². The van der Waals surface area contributed by atoms with Gasteiger partial charge in [-0.1, -0.05) is 27.2 Å². The molecule has 1 saturated heterocycles. The van der Waals surface area contributed by atoms with Crippen molar-refractivity contribution in [3.05, 3.63) is 0 Å². The van der Waals surface area contributed by atoms with Crippen LogP contribution in [-0.4, -0.2) is 47.7 Å². The normalized spacial score (nSPS) is 21.5. The quantitative estimate of drug-likeness (QED) is 0.799. The maximum Gasteiger partial charge on any atom is 0.305 e. The molecule has 2 atom stereocenters. The first kappa shape index (κ1) is 16.0. The van der Waals surface area contributed by atoms with Crippen molar-refractivity contribution in [2.45, 2.75) is 46.1 Å². The summed E-state index contributed by atoms with van der Waals surface area (Å²) < 4.78 is 5.28. The van der Waals surface area contributed by atoms with Crippen LogP contribution >= 0.6 is 0 Å². The van der Waals surface area contributed by atoms with E-state index in [2.05, 4.69) is 20.8 Å². The van der Waals surface area contributed by atoms with Crippen molar-refractivity contribution in [2.75, 3.05) is 19.8 Å². The van der Waals surface area contributed by atoms with Crippen LogP contribution in [0.3, 0.4) is 0 Å². The summed E-state index contributed by atoms with van der Waals surface area (Å²) in [7, 11) is 0. The van der Waals surface area contributed by atoms with Gasteiger partial charge in [-0.15, -0.1) is 0 Å². The van der Waals surface area contributed by atoms with Crippen LogP contribution < -0.4 is 0 Å². The van der Waals surface area contributed by atoms with Crippen LogP contribution in [-0.2, 0) is 14.3 Å². The molecule has 0 aliphatic carbocycles. The van der Waals surface area contributed by atoms with E-state index >= 15 is 0 Å². The third kappa shape index (κ3) is 4.82. The van der Waals surface area contributed by atoms with Crippen LogP contribution in [0.25, 0.3) is 0 Å². The average molecular weight is 271 g/mol. The third-order valence-corrected chi connectivity index (χ3v) is 3.86. The molecule has 2 unspecified atom stereocenters. The number of morpholine rings is 1. The molecule has 1 rings (SSSR count). The minimum Gasteiger partial charge on any atom is -0.481 e. The molecule has 0 aromatic heterocycles. The number of aliphatic carboxylic acids is 1. The second-order valence-corrected chi connectivity index (χ2v) is 5.53. The first-order valence-electron chi connectivity index (χ1n) is 7.04. The summed E-state index contributed by atoms with van der Waals surface area (Å²) in [5.41, 5.74) is 0. The maximum atomic E-state index is 12.3. The lowest BCUT2D eigenvalue weighted by molar-refractivity contribution is -0.147. The molecule has 1 heterocycles. The molecule has 1 N–H and O–H groups in total. The van der Waals surface area contributed by atoms with Crippen molar-refractivity contribution < 1.29 is 19.4 Å². The summed E-state index contributed by atoms with van der Waals surface area (Å²) in [5, 5.41) is 8.89. The zero-order valence-electron chi connectivity index (χ0n) is 12.1. The van der Waals surface area contributed by atoms with Gasteiger partial charge in [0.1, 0.15) is 0 Å². The molecular weight excluding hydrogens is 246 g/mol. The predicted molar refractivity (Wildman–Crippen MR) is 71.8 cm³/mol. The first-order valence-corrected chi connectivity index (χ1v) is 7.04. The Morgan fingerprint density at radius 3 is 2.63 bits per heavy atom. The van der Waals surface area contributed by atoms with Crippen molar-refractivity contribution in [3.8, 4) is 0 Å². The molecule has 0 spiro atoms. The molecule has 0 aromatic rings. The number of rotatable bonds is 6. The van der Waals surface area contributed by atoms with Gasteiger partial charge < -0.3 is 14.7 Å². The standard InChI is InChI=1S/C14H25NO4/c1-4-11(10(2)3)7-13(16)15-5-6-19-9-12(15)8-14(17)18/h10-12H,4-9H2,1-3H3,(H,17,18). The number of carbonyl (C=O) groups excluding carboxylic acids is 1. The van der Waals surface area contributed by atoms with Gasteiger partial charge in [0, 0.05) is 13.0 Å². The lowest BCUT2D eigenvalue weighted by Gasteiger charge is -2.36. The fourth-order valence-corrected chi connectivity index (χ4v) is 2.55. The molecule has 0 saturated carbocycles. The highest BCUT2D eigenvalue weighted by Gasteiger charge is 2.30. The molecule has 110 valence electrons. The van der Waals surface area contributed by atoms with E-state index in [1.807, 2.05) is 0 Å². The Kier molecular flexibility index (Phi) is 6.28. The molecule has 0 aromatic carbocycles. The molecule has 1 amide bonds. The molecule has 5 nitrogen and oxygen atoms in total. The highest BCUT2D eigenvalue weighted by atomic mass is 16.5. The van der Waals surface area contributed by atoms with Crippen LogP contribution in [0.5, 0.6) is 0 Å². The van der Waals surface area contributed by atoms with Gasteiger partial charge in [-0.25, -0.2) is 0 Å². The van der Waals surface area contributed by atoms with E-state index in [0.29, 0.717) is 38.0 Å². The van der Waals surface area contributed by atoms with Crippen LogP contribution in [0.2, 0.25) is 0 Å². The first-order chi connectivity index (χ1) is 8.95. The lowest BCUT2D eigenvalue weighted by atomic mass is 9.89. The fourth-order valence-electron chi connectivity index (χ4n) is 2.55. The lowest BCUT2D eigenvalue weighted by Crippen LogP contribution is -2.50. The molecule has 1 aliphatic heterocycles. The second-order valence-electron chi connectivity index (χ2n) is 5.53. The molecule has 1 fully saturated rings. The smallest absolute Gasteiger partial charge is 0.305 e. The monoisotopic (exact) mass is 271 g/mol. The SMILES string of the molecule is CCC(CC(=O)N1CCOCC1CC(=O)O)C(C)C. The van der Waals surface area contributed by atoms with Gasteiger partial charge >= 0.3 is 5.97 Å². The molecular formula is C14H25NO4. The Balaban J connectivity index is 2.63. The van der Waals surface area contributed by atoms with E-state index in [9.17, 15) is 9.59 Å². The van der Waals surface area contributed by atoms with Crippen LogP contribution in [0.15, 0.2) is 0 Å². The summed E-state index contributed by atoms with van der Waals surface area (Å²) >= 11 is 0. The van der Waals surface area contributed by atoms with Crippen molar-refractivity contribution in [3.63, 3.8) is 0 Å². The summed E-state index contributed by atoms with van der Waals surface area (Å²) in [4.78, 5) is 24.9. The zero-order chi connectivity index (χ0) is 14.4. The molecule has 5 heteroatoms. The number of carbonyl (C=O) groups is 2. The van der Waals surface area contributed by atoms with Crippen LogP contribution in [0, 0.1) is 11.8 Å². The zero-order valence-corrected chi connectivity index (χ0v) is 12.1. The van der Waals surface area contributed by atoms with Crippen LogP contribution in [0.4, 0.5) is 0 Å². The number of hydrogen-bond acceptors (Lipinski definition) is 3. The number of carboxylic acids is 1. The van der Waals surface area contributed by atoms with Gasteiger partial charge in [0.05, 0.1) is 25.7 Å². The Morgan fingerprint density at radius 1 is 1.42 bits per heavy atom. The second kappa shape index (κ2) is 7.48. The summed E-state index contributed by atoms with van der Waals surface area (Å²) in [6.45, 7) is 7.67. The van der Waals surface area contributed by atoms with E-state index in [0.717, 1.165) is 6.42 Å². The predicted octanol–water partition coefficient (Wildman–Crippen LogP) is 1.76. The Hall–Kier alpha value is -1.10. The van der Waals surface area contributed by atoms with Gasteiger partial charge in [0.15, 0.2) is 0 Å². The van der Waals surface area contributed by atoms with E-state index in [1.54, 1.807) is 4.90 Å². The van der Waals surface area contributed by atoms with E-state index in [1.165, 1.54) is 0 Å². The Labute approximate surface area is 114 Å². The summed E-state index contributed by atoms with van der Waals surface area (Å²) in [6, 6.07) is -0.316. The third-order valence-electron chi connectivity index (χ3n) is 3.86. The van der Waals surface area contributed by atoms with E-state index < -0.39 is 5.97 Å². The Morgan fingerprint density at radius 2 is 2.11 bits per heavy atom. The molecule has 19 heavy (non-hydrogen) atoms. The van der Waals surface area contributed by atoms with Crippen LogP contribution in [0.1, 0.15) is 40.0 Å². The van der Waals surface area contributed by atoms with E-state index in [4.69, 9.17) is 9.84 Å². The highest BCUT2D eigenvalue weighted by Crippen LogP contribution is 2.22. The maximum absolute atomic E-state index is 12.3. The highest BCUT2D eigenvalue weighted by molar-refractivity contribution is 5.78. The van der Waals surface area contributed by atoms with Crippen molar-refractivity contribution in [1.29, 1.82) is 0 Å². The minimum atomic E-state index is -0.885. The van der Waals surface area contributed by atoms with Crippen molar-refractivity contribution in [2.24, 2.45) is 11.8 Å². The number of nitrogens with zero attached hydrogens (tertiary/aromatic N) is 1. The largest absolute Gasteiger partial charge is 0.481 e. The molecule has 0 radical (unpaired) electrons. The topological polar surface area (TPSA) is 66.8 Å². The number of carboxylic acid groups (broad SMARTS) is 1. The molecule has 1 aliphatic rings. The molecule has 0 bridgehead atoms. The summed E-state index contributed by atoms with van der Waals surface area (Å²) in [5.74, 6) is 0.00744. The van der Waals surface area contributed by atoms with Gasteiger partial charge in [-0.05, 0) is 11.8 Å². The van der Waals surface area contributed by atoms with Gasteiger partial charge in [0.25, 0.3) is 0 Å². The number of amides is 1. The van der Waals surface area contributed by atoms with Crippen molar-refractivity contribution in [1.82, 2.24) is 4.90 Å². The van der Waals surface area contributed by atoms with Crippen molar-refractivity contribution >= 4 is 11.9 Å². The van der Waals surface area contributed by atoms with E-state index in [-0.39, 0.29) is 18.4 Å². The fraction of sp³-hybridized carbons (Fsp3) is 0.857. The van der Waals surface area contributed by atoms with Gasteiger partial charge in [0.2, 0.25) is 5.91 Å².